The molecule has 0 saturated heterocycles. The standard InChI is InChI=1S/C15H19NO4/c1-20-11-8-6-10(7-9-11)16-14(17)12-4-2-3-5-13(12)15(18)19/h6-9,12-13H,2-5H2,1H3,(H,16,17)(H,18,19)/p-1/t12-,13+/m1/s1. The minimum absolute atomic E-state index is 0.246. The molecule has 20 heavy (non-hydrogen) atoms. The highest BCUT2D eigenvalue weighted by atomic mass is 16.5. The number of nitrogens with one attached hydrogen (secondary N) is 1. The summed E-state index contributed by atoms with van der Waals surface area (Å²) in [5.41, 5.74) is 0.637. The molecule has 1 aromatic rings. The van der Waals surface area contributed by atoms with E-state index < -0.39 is 17.8 Å². The van der Waals surface area contributed by atoms with Gasteiger partial charge in [0.1, 0.15) is 5.75 Å². The molecule has 1 aliphatic rings. The Hall–Kier alpha value is -2.04. The Bertz CT molecular complexity index is 483. The van der Waals surface area contributed by atoms with Crippen LogP contribution in [0.25, 0.3) is 0 Å². The Labute approximate surface area is 117 Å². The highest BCUT2D eigenvalue weighted by Gasteiger charge is 2.31. The molecule has 0 unspecified atom stereocenters. The molecule has 2 rings (SSSR count). The predicted molar refractivity (Wildman–Crippen MR) is 72.1 cm³/mol. The summed E-state index contributed by atoms with van der Waals surface area (Å²) < 4.78 is 5.04. The minimum atomic E-state index is -1.13. The van der Waals surface area contributed by atoms with E-state index in [0.717, 1.165) is 12.8 Å². The molecule has 2 atom stereocenters. The monoisotopic (exact) mass is 276 g/mol. The number of anilines is 1. The summed E-state index contributed by atoms with van der Waals surface area (Å²) in [6.45, 7) is 0. The van der Waals surface area contributed by atoms with Crippen LogP contribution in [0.3, 0.4) is 0 Å². The van der Waals surface area contributed by atoms with Gasteiger partial charge in [-0.2, -0.15) is 0 Å². The van der Waals surface area contributed by atoms with Crippen molar-refractivity contribution in [3.8, 4) is 5.75 Å². The number of methoxy groups -OCH3 is 1. The molecule has 0 radical (unpaired) electrons. The maximum atomic E-state index is 12.2. The van der Waals surface area contributed by atoms with E-state index in [1.165, 1.54) is 0 Å². The molecule has 0 bridgehead atoms. The molecule has 1 amide bonds. The third-order valence-corrected chi connectivity index (χ3v) is 3.76. The van der Waals surface area contributed by atoms with Crippen LogP contribution in [0.1, 0.15) is 25.7 Å². The van der Waals surface area contributed by atoms with Gasteiger partial charge in [0.25, 0.3) is 0 Å². The summed E-state index contributed by atoms with van der Waals surface area (Å²) in [5.74, 6) is -1.85. The Morgan fingerprint density at radius 3 is 2.30 bits per heavy atom. The molecular formula is C15H18NO4-. The van der Waals surface area contributed by atoms with E-state index in [2.05, 4.69) is 5.32 Å². The number of ether oxygens (including phenoxy) is 1. The van der Waals surface area contributed by atoms with E-state index >= 15 is 0 Å². The van der Waals surface area contributed by atoms with Crippen LogP contribution in [-0.2, 0) is 9.59 Å². The number of benzene rings is 1. The van der Waals surface area contributed by atoms with Gasteiger partial charge in [0.05, 0.1) is 7.11 Å². The largest absolute Gasteiger partial charge is 0.550 e. The Kier molecular flexibility index (Phi) is 4.61. The molecule has 5 heteroatoms. The normalized spacial score (nSPS) is 22.1. The number of carbonyl (C=O) groups excluding carboxylic acids is 2. The number of hydrogen-bond donors (Lipinski definition) is 1. The molecule has 0 heterocycles. The van der Waals surface area contributed by atoms with Crippen LogP contribution in [-0.4, -0.2) is 19.0 Å². The van der Waals surface area contributed by atoms with Gasteiger partial charge in [0, 0.05) is 23.5 Å². The van der Waals surface area contributed by atoms with Gasteiger partial charge in [-0.15, -0.1) is 0 Å². The van der Waals surface area contributed by atoms with Gasteiger partial charge < -0.3 is 20.0 Å². The SMILES string of the molecule is COc1ccc(NC(=O)[C@@H]2CCCC[C@@H]2C(=O)[O-])cc1. The van der Waals surface area contributed by atoms with E-state index in [1.54, 1.807) is 31.4 Å². The van der Waals surface area contributed by atoms with Crippen molar-refractivity contribution in [3.63, 3.8) is 0 Å². The molecule has 0 spiro atoms. The van der Waals surface area contributed by atoms with Crippen molar-refractivity contribution < 1.29 is 19.4 Å². The average Bonchev–Trinajstić information content (AvgIpc) is 2.48. The first-order valence-corrected chi connectivity index (χ1v) is 6.77. The molecule has 1 N–H and O–H groups in total. The lowest BCUT2D eigenvalue weighted by molar-refractivity contribution is -0.313. The van der Waals surface area contributed by atoms with Gasteiger partial charge in [-0.25, -0.2) is 0 Å². The zero-order chi connectivity index (χ0) is 14.5. The fourth-order valence-corrected chi connectivity index (χ4v) is 2.64. The second-order valence-electron chi connectivity index (χ2n) is 5.03. The molecule has 108 valence electrons. The topological polar surface area (TPSA) is 78.5 Å². The quantitative estimate of drug-likeness (QED) is 0.896. The number of carbonyl (C=O) groups is 2. The van der Waals surface area contributed by atoms with Crippen LogP contribution >= 0.6 is 0 Å². The highest BCUT2D eigenvalue weighted by Crippen LogP contribution is 2.30. The lowest BCUT2D eigenvalue weighted by atomic mass is 9.78. The molecular weight excluding hydrogens is 258 g/mol. The first-order chi connectivity index (χ1) is 9.61. The van der Waals surface area contributed by atoms with E-state index in [4.69, 9.17) is 4.74 Å². The van der Waals surface area contributed by atoms with Crippen molar-refractivity contribution in [2.24, 2.45) is 11.8 Å². The lowest BCUT2D eigenvalue weighted by Crippen LogP contribution is -2.42. The van der Waals surface area contributed by atoms with E-state index in [9.17, 15) is 14.7 Å². The maximum absolute atomic E-state index is 12.2. The van der Waals surface area contributed by atoms with Gasteiger partial charge >= 0.3 is 0 Å². The molecule has 1 aliphatic carbocycles. The Balaban J connectivity index is 2.03. The van der Waals surface area contributed by atoms with Gasteiger partial charge in [-0.1, -0.05) is 12.8 Å². The van der Waals surface area contributed by atoms with Crippen LogP contribution in [0.4, 0.5) is 5.69 Å². The first kappa shape index (κ1) is 14.4. The van der Waals surface area contributed by atoms with E-state index in [0.29, 0.717) is 24.3 Å². The van der Waals surface area contributed by atoms with Crippen molar-refractivity contribution in [3.05, 3.63) is 24.3 Å². The molecule has 1 saturated carbocycles. The van der Waals surface area contributed by atoms with Crippen LogP contribution in [0.2, 0.25) is 0 Å². The van der Waals surface area contributed by atoms with Gasteiger partial charge in [0.15, 0.2) is 0 Å². The van der Waals surface area contributed by atoms with Crippen LogP contribution in [0, 0.1) is 11.8 Å². The predicted octanol–water partition coefficient (Wildman–Crippen LogP) is 1.19. The third-order valence-electron chi connectivity index (χ3n) is 3.76. The van der Waals surface area contributed by atoms with Crippen molar-refractivity contribution >= 4 is 17.6 Å². The van der Waals surface area contributed by atoms with Gasteiger partial charge in [0.2, 0.25) is 5.91 Å². The average molecular weight is 276 g/mol. The summed E-state index contributed by atoms with van der Waals surface area (Å²) in [6.07, 6.45) is 2.83. The van der Waals surface area contributed by atoms with E-state index in [-0.39, 0.29) is 5.91 Å². The zero-order valence-electron chi connectivity index (χ0n) is 11.4. The maximum Gasteiger partial charge on any atom is 0.228 e. The van der Waals surface area contributed by atoms with Crippen molar-refractivity contribution in [2.45, 2.75) is 25.7 Å². The molecule has 1 aromatic carbocycles. The summed E-state index contributed by atoms with van der Waals surface area (Å²) >= 11 is 0. The van der Waals surface area contributed by atoms with Gasteiger partial charge in [-0.05, 0) is 37.1 Å². The number of carboxylic acids is 1. The number of hydrogen-bond acceptors (Lipinski definition) is 4. The zero-order valence-corrected chi connectivity index (χ0v) is 11.4. The van der Waals surface area contributed by atoms with Crippen LogP contribution in [0.15, 0.2) is 24.3 Å². The fourth-order valence-electron chi connectivity index (χ4n) is 2.64. The molecule has 0 aromatic heterocycles. The molecule has 1 fully saturated rings. The second kappa shape index (κ2) is 6.41. The Morgan fingerprint density at radius 2 is 1.75 bits per heavy atom. The Morgan fingerprint density at radius 1 is 1.15 bits per heavy atom. The van der Waals surface area contributed by atoms with Crippen molar-refractivity contribution in [1.82, 2.24) is 0 Å². The summed E-state index contributed by atoms with van der Waals surface area (Å²) in [7, 11) is 1.57. The van der Waals surface area contributed by atoms with Crippen LogP contribution < -0.4 is 15.2 Å². The highest BCUT2D eigenvalue weighted by molar-refractivity contribution is 5.95. The molecule has 0 aliphatic heterocycles. The smallest absolute Gasteiger partial charge is 0.228 e. The van der Waals surface area contributed by atoms with Gasteiger partial charge in [-0.3, -0.25) is 4.79 Å². The number of amides is 1. The fraction of sp³-hybridized carbons (Fsp3) is 0.467. The third kappa shape index (κ3) is 3.29. The van der Waals surface area contributed by atoms with Crippen molar-refractivity contribution in [2.75, 3.05) is 12.4 Å². The summed E-state index contributed by atoms with van der Waals surface area (Å²) in [5, 5.41) is 13.9. The lowest BCUT2D eigenvalue weighted by Gasteiger charge is -2.31. The van der Waals surface area contributed by atoms with Crippen molar-refractivity contribution in [1.29, 1.82) is 0 Å². The minimum Gasteiger partial charge on any atom is -0.550 e. The molecule has 5 nitrogen and oxygen atoms in total. The second-order valence-corrected chi connectivity index (χ2v) is 5.03. The number of aliphatic carboxylic acids is 1. The van der Waals surface area contributed by atoms with E-state index in [1.807, 2.05) is 0 Å². The summed E-state index contributed by atoms with van der Waals surface area (Å²) in [4.78, 5) is 23.3. The summed E-state index contributed by atoms with van der Waals surface area (Å²) in [6, 6.07) is 6.95. The first-order valence-electron chi connectivity index (χ1n) is 6.77. The van der Waals surface area contributed by atoms with Crippen LogP contribution in [0.5, 0.6) is 5.75 Å². The number of rotatable bonds is 4. The number of carboxylic acid groups (broad SMARTS) is 1.